The van der Waals surface area contributed by atoms with E-state index < -0.39 is 0 Å². The van der Waals surface area contributed by atoms with Gasteiger partial charge in [-0.05, 0) is 192 Å². The lowest BCUT2D eigenvalue weighted by atomic mass is 9.35. The van der Waals surface area contributed by atoms with Crippen molar-refractivity contribution in [3.8, 4) is 11.1 Å². The molecule has 2 aliphatic heterocycles. The Balaban J connectivity index is 1.24. The summed E-state index contributed by atoms with van der Waals surface area (Å²) in [6.45, 7) is 40.6. The molecule has 0 saturated heterocycles. The molecule has 8 aromatic carbocycles. The largest absolute Gasteiger partial charge is 0.468 e. The van der Waals surface area contributed by atoms with Crippen molar-refractivity contribution in [3.63, 3.8) is 0 Å². The predicted molar refractivity (Wildman–Crippen MR) is 357 cm³/mol. The third-order valence-electron chi connectivity index (χ3n) is 20.0. The zero-order chi connectivity index (χ0) is 58.7. The lowest BCUT2D eigenvalue weighted by Gasteiger charge is -2.47. The van der Waals surface area contributed by atoms with E-state index in [0.29, 0.717) is 0 Å². The molecule has 0 saturated carbocycles. The Hall–Kier alpha value is -7.24. The van der Waals surface area contributed by atoms with Crippen molar-refractivity contribution < 1.29 is 4.42 Å². The SMILES string of the molecule is CC(C)(C)c1ccc(N2c3cc(N(c4ccccc4)c4ccccc4C(C)(C)C)cc4c3B(c3cc5c(cc3N4c3ccc4c(c3)C(C)(C)CCC4(C)C)C(C)(C)CCC5(C)C)c3oc4ccc(C(C)(C)C)cc4c32)c(-c2ccccc2)c1. The monoisotopic (exact) mass is 1090 g/mol. The summed E-state index contributed by atoms with van der Waals surface area (Å²) < 4.78 is 7.74. The average Bonchev–Trinajstić information content (AvgIpc) is 1.74. The summed E-state index contributed by atoms with van der Waals surface area (Å²) in [6.07, 6.45) is 4.54. The Morgan fingerprint density at radius 2 is 0.988 bits per heavy atom. The first-order chi connectivity index (χ1) is 39.0. The summed E-state index contributed by atoms with van der Waals surface area (Å²) in [5.41, 5.74) is 26.5. The standard InChI is InChI=1S/C78H86BN3O/c1-72(2,3)50-32-36-63(55(42-50)49-26-20-18-21-27-49)82-67-46-54(80(52-28-22-19-23-29-52)64-31-25-24-30-58(64)74(7,8)9)45-66-69(67)79(71-70(82)56-43-51(73(4,5)6)33-37-68(56)83-71)62-47-60-61(78(16,17)41-40-77(60,14)15)48-65(62)81(66)53-34-35-57-59(44-53)76(12,13)39-38-75(57,10)11/h18-37,42-48H,38-41H2,1-17H3. The van der Waals surface area contributed by atoms with E-state index in [2.05, 4.69) is 296 Å². The molecular formula is C78H86BN3O. The number of fused-ring (bicyclic) bond motifs is 8. The van der Waals surface area contributed by atoms with E-state index in [-0.39, 0.29) is 44.6 Å². The minimum Gasteiger partial charge on any atom is -0.468 e. The van der Waals surface area contributed by atoms with Gasteiger partial charge in [0.15, 0.2) is 0 Å². The van der Waals surface area contributed by atoms with E-state index in [1.807, 2.05) is 0 Å². The van der Waals surface area contributed by atoms with Crippen molar-refractivity contribution >= 4 is 85.5 Å². The van der Waals surface area contributed by atoms with Crippen LogP contribution in [0.3, 0.4) is 0 Å². The molecule has 9 aromatic rings. The lowest BCUT2D eigenvalue weighted by molar-refractivity contribution is 0.332. The van der Waals surface area contributed by atoms with Crippen LogP contribution < -0.4 is 31.3 Å². The van der Waals surface area contributed by atoms with Crippen molar-refractivity contribution in [2.24, 2.45) is 0 Å². The second kappa shape index (κ2) is 18.6. The van der Waals surface area contributed by atoms with Crippen LogP contribution in [0.4, 0.5) is 51.2 Å². The van der Waals surface area contributed by atoms with Crippen molar-refractivity contribution in [2.45, 2.75) is 181 Å². The van der Waals surface area contributed by atoms with Gasteiger partial charge < -0.3 is 19.1 Å². The summed E-state index contributed by atoms with van der Waals surface area (Å²) in [7, 11) is 0. The van der Waals surface area contributed by atoms with Gasteiger partial charge in [0.2, 0.25) is 0 Å². The van der Waals surface area contributed by atoms with Crippen LogP contribution in [0.15, 0.2) is 168 Å². The van der Waals surface area contributed by atoms with Gasteiger partial charge in [0.1, 0.15) is 5.58 Å². The fourth-order valence-electron chi connectivity index (χ4n) is 14.7. The molecule has 1 aromatic heterocycles. The highest BCUT2D eigenvalue weighted by molar-refractivity contribution is 7.00. The van der Waals surface area contributed by atoms with Crippen LogP contribution in [0.1, 0.15) is 182 Å². The molecular weight excluding hydrogens is 1010 g/mol. The first-order valence-corrected chi connectivity index (χ1v) is 30.9. The molecule has 0 unspecified atom stereocenters. The Kier molecular flexibility index (Phi) is 12.3. The third kappa shape index (κ3) is 8.91. The minimum absolute atomic E-state index is 0.00905. The topological polar surface area (TPSA) is 22.9 Å². The second-order valence-electron chi connectivity index (χ2n) is 30.8. The summed E-state index contributed by atoms with van der Waals surface area (Å²) in [4.78, 5) is 7.90. The lowest BCUT2D eigenvalue weighted by Crippen LogP contribution is -2.61. The average molecular weight is 1090 g/mol. The van der Waals surface area contributed by atoms with Crippen molar-refractivity contribution in [1.82, 2.24) is 0 Å². The summed E-state index contributed by atoms with van der Waals surface area (Å²) in [6, 6.07) is 63.5. The minimum atomic E-state index is -0.239. The zero-order valence-electron chi connectivity index (χ0n) is 52.7. The Morgan fingerprint density at radius 3 is 1.61 bits per heavy atom. The maximum absolute atomic E-state index is 7.74. The molecule has 422 valence electrons. The number of para-hydroxylation sites is 2. The van der Waals surface area contributed by atoms with Gasteiger partial charge in [-0.1, -0.05) is 209 Å². The fourth-order valence-corrected chi connectivity index (χ4v) is 14.7. The van der Waals surface area contributed by atoms with Crippen LogP contribution in [-0.2, 0) is 37.9 Å². The third-order valence-corrected chi connectivity index (χ3v) is 20.0. The molecule has 4 aliphatic rings. The van der Waals surface area contributed by atoms with Gasteiger partial charge in [0.25, 0.3) is 6.71 Å². The molecule has 2 aliphatic carbocycles. The molecule has 0 radical (unpaired) electrons. The molecule has 0 spiro atoms. The maximum Gasteiger partial charge on any atom is 0.297 e. The molecule has 0 N–H and O–H groups in total. The number of benzene rings is 8. The van der Waals surface area contributed by atoms with Gasteiger partial charge in [-0.2, -0.15) is 0 Å². The number of rotatable bonds is 6. The van der Waals surface area contributed by atoms with Crippen LogP contribution >= 0.6 is 0 Å². The number of anilines is 9. The predicted octanol–water partition coefficient (Wildman–Crippen LogP) is 20.2. The maximum atomic E-state index is 7.74. The van der Waals surface area contributed by atoms with E-state index in [4.69, 9.17) is 4.42 Å². The first-order valence-electron chi connectivity index (χ1n) is 30.9. The summed E-state index contributed by atoms with van der Waals surface area (Å²) >= 11 is 0. The van der Waals surface area contributed by atoms with Crippen LogP contribution in [0.25, 0.3) is 22.1 Å². The molecule has 0 atom stereocenters. The van der Waals surface area contributed by atoms with Gasteiger partial charge in [0, 0.05) is 45.1 Å². The van der Waals surface area contributed by atoms with E-state index in [1.54, 1.807) is 0 Å². The van der Waals surface area contributed by atoms with Gasteiger partial charge in [-0.15, -0.1) is 0 Å². The van der Waals surface area contributed by atoms with Gasteiger partial charge in [-0.3, -0.25) is 0 Å². The molecule has 5 heteroatoms. The Labute approximate surface area is 497 Å². The first kappa shape index (κ1) is 55.0. The highest BCUT2D eigenvalue weighted by Crippen LogP contribution is 2.56. The van der Waals surface area contributed by atoms with Crippen molar-refractivity contribution in [1.29, 1.82) is 0 Å². The normalized spacial score (nSPS) is 17.3. The molecule has 0 amide bonds. The van der Waals surface area contributed by atoms with E-state index >= 15 is 0 Å². The zero-order valence-corrected chi connectivity index (χ0v) is 52.7. The Morgan fingerprint density at radius 1 is 0.446 bits per heavy atom. The number of furan rings is 1. The molecule has 13 rings (SSSR count). The quantitative estimate of drug-likeness (QED) is 0.155. The van der Waals surface area contributed by atoms with E-state index in [9.17, 15) is 0 Å². The Bertz CT molecular complexity index is 4060. The van der Waals surface area contributed by atoms with Crippen molar-refractivity contribution in [3.05, 3.63) is 203 Å². The van der Waals surface area contributed by atoms with Gasteiger partial charge in [-0.25, -0.2) is 0 Å². The molecule has 0 bridgehead atoms. The molecule has 3 heterocycles. The van der Waals surface area contributed by atoms with Crippen LogP contribution in [0.2, 0.25) is 0 Å². The molecule has 4 nitrogen and oxygen atoms in total. The van der Waals surface area contributed by atoms with Crippen LogP contribution in [-0.4, -0.2) is 6.71 Å². The van der Waals surface area contributed by atoms with Crippen LogP contribution in [0, 0.1) is 0 Å². The fraction of sp³-hybridized carbons (Fsp3) is 0.359. The molecule has 0 fully saturated rings. The highest BCUT2D eigenvalue weighted by Gasteiger charge is 2.50. The summed E-state index contributed by atoms with van der Waals surface area (Å²) in [5, 5.41) is 1.13. The second-order valence-corrected chi connectivity index (χ2v) is 30.8. The number of nitrogens with zero attached hydrogens (tertiary/aromatic N) is 3. The van der Waals surface area contributed by atoms with Gasteiger partial charge in [0.05, 0.1) is 22.7 Å². The van der Waals surface area contributed by atoms with E-state index in [1.165, 1.54) is 83.7 Å². The smallest absolute Gasteiger partial charge is 0.297 e. The molecule has 83 heavy (non-hydrogen) atoms. The summed E-state index contributed by atoms with van der Waals surface area (Å²) in [5.74, 6) is 0. The van der Waals surface area contributed by atoms with Crippen molar-refractivity contribution in [2.75, 3.05) is 14.7 Å². The number of hydrogen-bond acceptors (Lipinski definition) is 4. The van der Waals surface area contributed by atoms with Gasteiger partial charge >= 0.3 is 0 Å². The highest BCUT2D eigenvalue weighted by atomic mass is 16.3. The van der Waals surface area contributed by atoms with Crippen LogP contribution in [0.5, 0.6) is 0 Å². The van der Waals surface area contributed by atoms with E-state index in [0.717, 1.165) is 70.7 Å². The number of hydrogen-bond donors (Lipinski definition) is 0.